The average molecular weight is 706 g/mol. The first kappa shape index (κ1) is 36.7. The molecule has 0 aliphatic rings. The van der Waals surface area contributed by atoms with Gasteiger partial charge in [0.1, 0.15) is 11.5 Å². The number of aromatic nitrogens is 1. The Kier molecular flexibility index (Phi) is 13.3. The van der Waals surface area contributed by atoms with Gasteiger partial charge in [-0.15, -0.1) is 0 Å². The van der Waals surface area contributed by atoms with Gasteiger partial charge in [-0.3, -0.25) is 10.8 Å². The number of fused-ring (bicyclic) bond motifs is 1. The molecule has 5 rings (SSSR count). The minimum atomic E-state index is -0.527. The molecule has 0 aliphatic heterocycles. The number of carbonyl (C=O) groups excluding carboxylic acids is 2. The number of anilines is 1. The molecule has 4 aromatic carbocycles. The fourth-order valence-corrected chi connectivity index (χ4v) is 5.75. The van der Waals surface area contributed by atoms with Crippen molar-refractivity contribution >= 4 is 50.7 Å². The van der Waals surface area contributed by atoms with Gasteiger partial charge in [-0.1, -0.05) is 75.3 Å². The van der Waals surface area contributed by atoms with Crippen LogP contribution in [0.25, 0.3) is 21.3 Å². The van der Waals surface area contributed by atoms with Gasteiger partial charge in [0.2, 0.25) is 5.13 Å². The zero-order chi connectivity index (χ0) is 36.0. The van der Waals surface area contributed by atoms with Crippen molar-refractivity contribution in [1.82, 2.24) is 10.3 Å². The van der Waals surface area contributed by atoms with Crippen LogP contribution >= 0.6 is 11.3 Å². The number of thiazole rings is 1. The lowest BCUT2D eigenvalue weighted by atomic mass is 10.0. The third-order valence-corrected chi connectivity index (χ3v) is 8.82. The zero-order valence-corrected chi connectivity index (χ0v) is 29.9. The summed E-state index contributed by atoms with van der Waals surface area (Å²) in [5.41, 5.74) is 7.00. The molecule has 3 N–H and O–H groups in total. The number of esters is 2. The second kappa shape index (κ2) is 18.4. The van der Waals surface area contributed by atoms with Gasteiger partial charge in [-0.05, 0) is 84.6 Å². The van der Waals surface area contributed by atoms with Crippen molar-refractivity contribution in [2.24, 2.45) is 11.0 Å². The first-order valence-electron chi connectivity index (χ1n) is 17.1. The van der Waals surface area contributed by atoms with Crippen LogP contribution < -0.4 is 20.2 Å². The number of hydrogen-bond acceptors (Lipinski definition) is 10. The first-order chi connectivity index (χ1) is 24.8. The topological polar surface area (TPSA) is 135 Å². The highest BCUT2D eigenvalue weighted by molar-refractivity contribution is 7.22. The van der Waals surface area contributed by atoms with Crippen LogP contribution in [0.1, 0.15) is 72.7 Å². The van der Waals surface area contributed by atoms with E-state index in [9.17, 15) is 9.59 Å². The lowest BCUT2D eigenvalue weighted by molar-refractivity contribution is 0.0498. The Morgan fingerprint density at radius 3 is 2.35 bits per heavy atom. The van der Waals surface area contributed by atoms with Crippen LogP contribution in [0.2, 0.25) is 0 Å². The SMILES string of the molecule is CCCCCOC(=O)c1ccc(-c2ccc(OC(=O)c3ccc(OCCCNC(=N)C(C)C)cc3)c(/C=N/Nc3nc4ccccc4s3)c2)cc1. The Balaban J connectivity index is 1.28. The molecule has 0 fully saturated rings. The maximum absolute atomic E-state index is 13.3. The van der Waals surface area contributed by atoms with Gasteiger partial charge in [0, 0.05) is 18.0 Å². The van der Waals surface area contributed by atoms with E-state index in [0.29, 0.717) is 58.9 Å². The molecule has 11 heteroatoms. The van der Waals surface area contributed by atoms with E-state index in [1.807, 2.05) is 62.4 Å². The van der Waals surface area contributed by atoms with E-state index in [1.54, 1.807) is 48.7 Å². The van der Waals surface area contributed by atoms with Crippen molar-refractivity contribution < 1.29 is 23.8 Å². The van der Waals surface area contributed by atoms with Crippen molar-refractivity contribution in [3.05, 3.63) is 108 Å². The van der Waals surface area contributed by atoms with Crippen molar-refractivity contribution in [3.8, 4) is 22.6 Å². The van der Waals surface area contributed by atoms with Gasteiger partial charge >= 0.3 is 11.9 Å². The van der Waals surface area contributed by atoms with Crippen molar-refractivity contribution in [2.45, 2.75) is 46.5 Å². The summed E-state index contributed by atoms with van der Waals surface area (Å²) in [5.74, 6) is 0.768. The quantitative estimate of drug-likeness (QED) is 0.0218. The molecule has 0 radical (unpaired) electrons. The molecule has 0 bridgehead atoms. The summed E-state index contributed by atoms with van der Waals surface area (Å²) >= 11 is 1.48. The highest BCUT2D eigenvalue weighted by atomic mass is 32.1. The molecular formula is C40H43N5O5S. The summed E-state index contributed by atoms with van der Waals surface area (Å²) in [6, 6.07) is 27.3. The van der Waals surface area contributed by atoms with Crippen LogP contribution in [0.15, 0.2) is 96.1 Å². The van der Waals surface area contributed by atoms with E-state index >= 15 is 0 Å². The maximum Gasteiger partial charge on any atom is 0.343 e. The third-order valence-electron chi connectivity index (χ3n) is 7.88. The molecule has 264 valence electrons. The molecule has 0 atom stereocenters. The summed E-state index contributed by atoms with van der Waals surface area (Å²) in [5, 5.41) is 16.0. The number of ether oxygens (including phenoxy) is 3. The summed E-state index contributed by atoms with van der Waals surface area (Å²) in [7, 11) is 0. The van der Waals surface area contributed by atoms with Crippen LogP contribution in [-0.4, -0.2) is 48.7 Å². The lowest BCUT2D eigenvalue weighted by Gasteiger charge is -2.12. The number of nitrogens with one attached hydrogen (secondary N) is 3. The largest absolute Gasteiger partial charge is 0.494 e. The minimum absolute atomic E-state index is 0.163. The number of carbonyl (C=O) groups is 2. The second-order valence-electron chi connectivity index (χ2n) is 12.1. The van der Waals surface area contributed by atoms with E-state index < -0.39 is 5.97 Å². The van der Waals surface area contributed by atoms with Crippen molar-refractivity contribution in [1.29, 1.82) is 5.41 Å². The molecular weight excluding hydrogens is 663 g/mol. The maximum atomic E-state index is 13.3. The molecule has 0 unspecified atom stereocenters. The van der Waals surface area contributed by atoms with Crippen LogP contribution in [0.5, 0.6) is 11.5 Å². The summed E-state index contributed by atoms with van der Waals surface area (Å²) in [6.07, 6.45) is 5.26. The molecule has 0 spiro atoms. The summed E-state index contributed by atoms with van der Waals surface area (Å²) in [6.45, 7) is 7.59. The molecule has 51 heavy (non-hydrogen) atoms. The summed E-state index contributed by atoms with van der Waals surface area (Å²) < 4.78 is 18.1. The molecule has 0 aliphatic carbocycles. The number of unbranched alkanes of at least 4 members (excludes halogenated alkanes) is 2. The molecule has 0 saturated carbocycles. The number of nitrogens with zero attached hydrogens (tertiary/aromatic N) is 2. The van der Waals surface area contributed by atoms with E-state index in [2.05, 4.69) is 27.8 Å². The molecule has 10 nitrogen and oxygen atoms in total. The molecule has 0 amide bonds. The summed E-state index contributed by atoms with van der Waals surface area (Å²) in [4.78, 5) is 30.3. The predicted molar refractivity (Wildman–Crippen MR) is 205 cm³/mol. The van der Waals surface area contributed by atoms with Crippen LogP contribution in [-0.2, 0) is 4.74 Å². The van der Waals surface area contributed by atoms with E-state index in [1.165, 1.54) is 11.3 Å². The van der Waals surface area contributed by atoms with Gasteiger partial charge in [-0.2, -0.15) is 5.10 Å². The zero-order valence-electron chi connectivity index (χ0n) is 29.1. The van der Waals surface area contributed by atoms with E-state index in [4.69, 9.17) is 19.6 Å². The fourth-order valence-electron chi connectivity index (χ4n) is 4.93. The molecule has 1 aromatic heterocycles. The van der Waals surface area contributed by atoms with E-state index in [0.717, 1.165) is 47.0 Å². The number of benzene rings is 4. The minimum Gasteiger partial charge on any atom is -0.494 e. The molecule has 0 saturated heterocycles. The number of rotatable bonds is 17. The Hall–Kier alpha value is -5.55. The Bertz CT molecular complexity index is 1920. The highest BCUT2D eigenvalue weighted by Gasteiger charge is 2.14. The Morgan fingerprint density at radius 1 is 0.882 bits per heavy atom. The number of hydrazone groups is 1. The second-order valence-corrected chi connectivity index (χ2v) is 13.2. The van der Waals surface area contributed by atoms with Crippen molar-refractivity contribution in [3.63, 3.8) is 0 Å². The molecule has 1 heterocycles. The Labute approximate surface area is 302 Å². The predicted octanol–water partition coefficient (Wildman–Crippen LogP) is 8.97. The van der Waals surface area contributed by atoms with Gasteiger partial charge in [-0.25, -0.2) is 14.6 Å². The average Bonchev–Trinajstić information content (AvgIpc) is 3.57. The van der Waals surface area contributed by atoms with Crippen LogP contribution in [0, 0.1) is 11.3 Å². The number of para-hydroxylation sites is 1. The highest BCUT2D eigenvalue weighted by Crippen LogP contribution is 2.29. The van der Waals surface area contributed by atoms with E-state index in [-0.39, 0.29) is 11.9 Å². The van der Waals surface area contributed by atoms with Gasteiger partial charge < -0.3 is 19.5 Å². The van der Waals surface area contributed by atoms with Crippen LogP contribution in [0.4, 0.5) is 5.13 Å². The Morgan fingerprint density at radius 2 is 1.61 bits per heavy atom. The normalized spacial score (nSPS) is 11.1. The number of amidine groups is 1. The smallest absolute Gasteiger partial charge is 0.343 e. The monoisotopic (exact) mass is 705 g/mol. The third kappa shape index (κ3) is 10.7. The van der Waals surface area contributed by atoms with Gasteiger partial charge in [0.25, 0.3) is 0 Å². The standard InChI is InChI=1S/C40H43N5O5S/c1-4-5-8-23-49-38(46)29-14-12-28(13-15-29)31-18-21-35(32(25-31)26-43-45-40-44-34-10-6-7-11-36(34)51-40)50-39(47)30-16-19-33(20-17-30)48-24-9-22-42-37(41)27(2)3/h6-7,10-21,25-27H,4-5,8-9,22-24H2,1-3H3,(H2,41,42)(H,44,45)/b43-26+. The van der Waals surface area contributed by atoms with Gasteiger partial charge in [0.15, 0.2) is 0 Å². The fraction of sp³-hybridized carbons (Fsp3) is 0.275. The van der Waals surface area contributed by atoms with Crippen molar-refractivity contribution in [2.75, 3.05) is 25.2 Å². The van der Waals surface area contributed by atoms with Gasteiger partial charge in [0.05, 0.1) is 46.6 Å². The lowest BCUT2D eigenvalue weighted by Crippen LogP contribution is -2.28. The first-order valence-corrected chi connectivity index (χ1v) is 18.0. The van der Waals surface area contributed by atoms with Crippen LogP contribution in [0.3, 0.4) is 0 Å². The number of hydrogen-bond donors (Lipinski definition) is 3. The molecule has 5 aromatic rings.